The Kier molecular flexibility index (Phi) is 5.85. The molecule has 2 heterocycles. The lowest BCUT2D eigenvalue weighted by molar-refractivity contribution is -0.138. The van der Waals surface area contributed by atoms with E-state index < -0.39 is 12.0 Å². The van der Waals surface area contributed by atoms with Crippen molar-refractivity contribution in [1.29, 1.82) is 0 Å². The first-order valence-corrected chi connectivity index (χ1v) is 9.70. The van der Waals surface area contributed by atoms with Crippen LogP contribution < -0.4 is 10.6 Å². The summed E-state index contributed by atoms with van der Waals surface area (Å²) in [6.07, 6.45) is 1.82. The highest BCUT2D eigenvalue weighted by atomic mass is 32.2. The van der Waals surface area contributed by atoms with Crippen LogP contribution in [-0.2, 0) is 16.1 Å². The van der Waals surface area contributed by atoms with Crippen molar-refractivity contribution in [3.05, 3.63) is 48.2 Å². The molecule has 1 aromatic heterocycles. The molecule has 0 saturated carbocycles. The molecule has 2 amide bonds. The first kappa shape index (κ1) is 19.0. The van der Waals surface area contributed by atoms with Crippen LogP contribution in [0.25, 0.3) is 11.0 Å². The highest BCUT2D eigenvalue weighted by Crippen LogP contribution is 2.27. The molecule has 27 heavy (non-hydrogen) atoms. The van der Waals surface area contributed by atoms with Crippen molar-refractivity contribution >= 4 is 34.8 Å². The maximum absolute atomic E-state index is 12.3. The summed E-state index contributed by atoms with van der Waals surface area (Å²) in [5, 5.41) is 6.24. The van der Waals surface area contributed by atoms with E-state index in [-0.39, 0.29) is 12.6 Å². The Labute approximate surface area is 161 Å². The van der Waals surface area contributed by atoms with Crippen LogP contribution in [0.1, 0.15) is 13.8 Å². The highest BCUT2D eigenvalue weighted by molar-refractivity contribution is 7.99. The van der Waals surface area contributed by atoms with Crippen molar-refractivity contribution in [2.24, 2.45) is 0 Å². The zero-order valence-corrected chi connectivity index (χ0v) is 16.1. The van der Waals surface area contributed by atoms with Gasteiger partial charge in [-0.25, -0.2) is 14.6 Å². The molecule has 7 nitrogen and oxygen atoms in total. The molecule has 0 bridgehead atoms. The van der Waals surface area contributed by atoms with Crippen LogP contribution in [0.3, 0.4) is 0 Å². The molecular weight excluding hydrogens is 364 g/mol. The highest BCUT2D eigenvalue weighted by Gasteiger charge is 2.29. The van der Waals surface area contributed by atoms with Crippen LogP contribution in [0.5, 0.6) is 0 Å². The molecule has 1 aliphatic heterocycles. The van der Waals surface area contributed by atoms with Crippen molar-refractivity contribution in [2.75, 3.05) is 12.4 Å². The Morgan fingerprint density at radius 1 is 1.44 bits per heavy atom. The molecule has 1 atom stereocenters. The van der Waals surface area contributed by atoms with E-state index in [0.29, 0.717) is 23.6 Å². The summed E-state index contributed by atoms with van der Waals surface area (Å²) in [6, 6.07) is 7.13. The van der Waals surface area contributed by atoms with Crippen LogP contribution in [-0.4, -0.2) is 40.0 Å². The average Bonchev–Trinajstić information content (AvgIpc) is 2.98. The number of allylic oxidation sites excluding steroid dienone is 1. The minimum Gasteiger partial charge on any atom is -0.463 e. The largest absolute Gasteiger partial charge is 0.463 e. The van der Waals surface area contributed by atoms with Gasteiger partial charge in [-0.2, -0.15) is 0 Å². The van der Waals surface area contributed by atoms with Gasteiger partial charge < -0.3 is 19.9 Å². The monoisotopic (exact) mass is 386 g/mol. The van der Waals surface area contributed by atoms with Crippen molar-refractivity contribution < 1.29 is 14.3 Å². The molecule has 0 spiro atoms. The number of amides is 2. The van der Waals surface area contributed by atoms with Gasteiger partial charge in [0, 0.05) is 18.0 Å². The van der Waals surface area contributed by atoms with E-state index in [9.17, 15) is 9.59 Å². The Bertz CT molecular complexity index is 919. The summed E-state index contributed by atoms with van der Waals surface area (Å²) in [6.45, 7) is 8.23. The van der Waals surface area contributed by atoms with Crippen LogP contribution in [0, 0.1) is 0 Å². The number of nitrogens with one attached hydrogen (secondary N) is 2. The van der Waals surface area contributed by atoms with Gasteiger partial charge in [0.1, 0.15) is 0 Å². The molecule has 0 fully saturated rings. The number of para-hydroxylation sites is 2. The van der Waals surface area contributed by atoms with Gasteiger partial charge in [0.15, 0.2) is 5.16 Å². The summed E-state index contributed by atoms with van der Waals surface area (Å²) >= 11 is 1.46. The number of benzene rings is 1. The molecule has 2 N–H and O–H groups in total. The summed E-state index contributed by atoms with van der Waals surface area (Å²) in [5.41, 5.74) is 2.90. The Morgan fingerprint density at radius 3 is 2.96 bits per heavy atom. The number of hydrogen-bond donors (Lipinski definition) is 2. The number of carbonyl (C=O) groups is 2. The van der Waals surface area contributed by atoms with E-state index in [1.165, 1.54) is 11.8 Å². The molecule has 0 radical (unpaired) electrons. The van der Waals surface area contributed by atoms with E-state index >= 15 is 0 Å². The maximum Gasteiger partial charge on any atom is 0.337 e. The first-order chi connectivity index (χ1) is 13.0. The molecule has 142 valence electrons. The molecule has 0 saturated heterocycles. The van der Waals surface area contributed by atoms with Crippen LogP contribution in [0.2, 0.25) is 0 Å². The third-order valence-corrected chi connectivity index (χ3v) is 5.15. The number of carbonyl (C=O) groups excluding carboxylic acids is 2. The minimum absolute atomic E-state index is 0.276. The SMILES string of the molecule is C=CCn1c(SCC2=C(C(=O)OCC)[C@@H](C)NC(=O)N2)nc2ccccc21. The lowest BCUT2D eigenvalue weighted by Crippen LogP contribution is -2.49. The lowest BCUT2D eigenvalue weighted by Gasteiger charge is -2.26. The Hall–Kier alpha value is -2.74. The summed E-state index contributed by atoms with van der Waals surface area (Å²) in [4.78, 5) is 28.9. The quantitative estimate of drug-likeness (QED) is 0.434. The summed E-state index contributed by atoms with van der Waals surface area (Å²) in [5.74, 6) is -0.0282. The van der Waals surface area contributed by atoms with E-state index in [1.54, 1.807) is 13.8 Å². The predicted molar refractivity (Wildman–Crippen MR) is 105 cm³/mol. The van der Waals surface area contributed by atoms with Gasteiger partial charge in [-0.15, -0.1) is 6.58 Å². The van der Waals surface area contributed by atoms with Gasteiger partial charge >= 0.3 is 12.0 Å². The average molecular weight is 386 g/mol. The van der Waals surface area contributed by atoms with Gasteiger partial charge in [-0.3, -0.25) is 0 Å². The third kappa shape index (κ3) is 4.00. The smallest absolute Gasteiger partial charge is 0.337 e. The number of thioether (sulfide) groups is 1. The Morgan fingerprint density at radius 2 is 2.22 bits per heavy atom. The number of hydrogen-bond acceptors (Lipinski definition) is 5. The summed E-state index contributed by atoms with van der Waals surface area (Å²) < 4.78 is 7.21. The number of esters is 1. The number of ether oxygens (including phenoxy) is 1. The molecule has 3 rings (SSSR count). The van der Waals surface area contributed by atoms with Gasteiger partial charge in [0.2, 0.25) is 0 Å². The van der Waals surface area contributed by atoms with Crippen LogP contribution in [0.15, 0.2) is 53.3 Å². The number of fused-ring (bicyclic) bond motifs is 1. The van der Waals surface area contributed by atoms with Crippen molar-refractivity contribution in [3.63, 3.8) is 0 Å². The van der Waals surface area contributed by atoms with E-state index in [0.717, 1.165) is 16.2 Å². The van der Waals surface area contributed by atoms with Crippen molar-refractivity contribution in [1.82, 2.24) is 20.2 Å². The Balaban J connectivity index is 1.91. The molecule has 0 unspecified atom stereocenters. The molecule has 2 aromatic rings. The minimum atomic E-state index is -0.423. The number of urea groups is 1. The second-order valence-electron chi connectivity index (χ2n) is 6.00. The zero-order chi connectivity index (χ0) is 19.4. The lowest BCUT2D eigenvalue weighted by atomic mass is 10.1. The fraction of sp³-hybridized carbons (Fsp3) is 0.316. The van der Waals surface area contributed by atoms with Crippen molar-refractivity contribution in [2.45, 2.75) is 31.6 Å². The maximum atomic E-state index is 12.3. The first-order valence-electron chi connectivity index (χ1n) is 8.71. The number of imidazole rings is 1. The molecular formula is C19H22N4O3S. The van der Waals surface area contributed by atoms with E-state index in [1.807, 2.05) is 30.3 Å². The van der Waals surface area contributed by atoms with Crippen molar-refractivity contribution in [3.8, 4) is 0 Å². The normalized spacial score (nSPS) is 16.8. The van der Waals surface area contributed by atoms with Gasteiger partial charge in [-0.1, -0.05) is 30.0 Å². The van der Waals surface area contributed by atoms with E-state index in [4.69, 9.17) is 4.74 Å². The predicted octanol–water partition coefficient (Wildman–Crippen LogP) is 2.83. The standard InChI is InChI=1S/C19H22N4O3S/c1-4-10-23-15-9-7-6-8-13(15)22-19(23)27-11-14-16(17(24)26-5-2)12(3)20-18(25)21-14/h4,6-9,12H,1,5,10-11H2,2-3H3,(H2,20,21,25)/t12-/m1/s1. The fourth-order valence-electron chi connectivity index (χ4n) is 3.00. The van der Waals surface area contributed by atoms with E-state index in [2.05, 4.69) is 26.8 Å². The van der Waals surface area contributed by atoms with Gasteiger partial charge in [0.25, 0.3) is 0 Å². The second-order valence-corrected chi connectivity index (χ2v) is 6.95. The number of aromatic nitrogens is 2. The number of rotatable bonds is 7. The third-order valence-electron chi connectivity index (χ3n) is 4.14. The molecule has 1 aromatic carbocycles. The van der Waals surface area contributed by atoms with Gasteiger partial charge in [-0.05, 0) is 26.0 Å². The van der Waals surface area contributed by atoms with Crippen LogP contribution in [0.4, 0.5) is 4.79 Å². The topological polar surface area (TPSA) is 85.2 Å². The number of nitrogens with zero attached hydrogens (tertiary/aromatic N) is 2. The molecule has 8 heteroatoms. The van der Waals surface area contributed by atoms with Gasteiger partial charge in [0.05, 0.1) is 29.3 Å². The zero-order valence-electron chi connectivity index (χ0n) is 15.3. The van der Waals surface area contributed by atoms with Crippen LogP contribution >= 0.6 is 11.8 Å². The second kappa shape index (κ2) is 8.30. The fourth-order valence-corrected chi connectivity index (χ4v) is 3.99. The molecule has 0 aliphatic carbocycles. The summed E-state index contributed by atoms with van der Waals surface area (Å²) in [7, 11) is 0. The molecule has 1 aliphatic rings.